The highest BCUT2D eigenvalue weighted by Crippen LogP contribution is 2.39. The Balaban J connectivity index is 1.76. The molecule has 4 nitrogen and oxygen atoms in total. The number of hydrogen-bond acceptors (Lipinski definition) is 2. The van der Waals surface area contributed by atoms with E-state index in [0.29, 0.717) is 27.0 Å². The van der Waals surface area contributed by atoms with Gasteiger partial charge in [-0.1, -0.05) is 47.5 Å². The molecule has 0 fully saturated rings. The molecule has 1 aliphatic heterocycles. The van der Waals surface area contributed by atoms with Crippen LogP contribution in [0.25, 0.3) is 0 Å². The maximum absolute atomic E-state index is 13.4. The van der Waals surface area contributed by atoms with E-state index in [-0.39, 0.29) is 12.1 Å². The molecule has 1 aliphatic rings. The summed E-state index contributed by atoms with van der Waals surface area (Å²) in [5, 5.41) is 0.783. The lowest BCUT2D eigenvalue weighted by Crippen LogP contribution is -2.54. The predicted octanol–water partition coefficient (Wildman–Crippen LogP) is 6.59. The van der Waals surface area contributed by atoms with Crippen molar-refractivity contribution in [2.45, 2.75) is 25.7 Å². The average Bonchev–Trinajstić information content (AvgIpc) is 2.78. The molecule has 0 radical (unpaired) electrons. The molecule has 0 spiro atoms. The van der Waals surface area contributed by atoms with Gasteiger partial charge in [0.2, 0.25) is 5.91 Å². The Labute approximate surface area is 198 Å². The Bertz CT molecular complexity index is 1230. The number of rotatable bonds is 3. The molecule has 3 aromatic carbocycles. The van der Waals surface area contributed by atoms with E-state index >= 15 is 0 Å². The summed E-state index contributed by atoms with van der Waals surface area (Å²) in [6.45, 7) is 1.61. The van der Waals surface area contributed by atoms with E-state index in [4.69, 9.17) is 23.2 Å². The van der Waals surface area contributed by atoms with Crippen LogP contribution in [0, 0.1) is 0 Å². The van der Waals surface area contributed by atoms with E-state index in [1.54, 1.807) is 42.5 Å². The second kappa shape index (κ2) is 8.72. The van der Waals surface area contributed by atoms with Crippen LogP contribution < -0.4 is 9.80 Å². The molecular weight excluding hydrogens is 476 g/mol. The second-order valence-electron chi connectivity index (χ2n) is 7.54. The molecule has 33 heavy (non-hydrogen) atoms. The van der Waals surface area contributed by atoms with E-state index in [0.717, 1.165) is 12.1 Å². The van der Waals surface area contributed by atoms with Crippen molar-refractivity contribution in [2.24, 2.45) is 0 Å². The van der Waals surface area contributed by atoms with Crippen LogP contribution in [0.2, 0.25) is 10.0 Å². The monoisotopic (exact) mass is 492 g/mol. The highest BCUT2D eigenvalue weighted by atomic mass is 35.5. The molecule has 4 rings (SSSR count). The highest BCUT2D eigenvalue weighted by molar-refractivity contribution is 6.36. The molecule has 0 saturated heterocycles. The van der Waals surface area contributed by atoms with Gasteiger partial charge in [-0.05, 0) is 49.4 Å². The molecule has 0 aromatic heterocycles. The van der Waals surface area contributed by atoms with Crippen LogP contribution >= 0.6 is 23.2 Å². The highest BCUT2D eigenvalue weighted by Gasteiger charge is 2.40. The number of nitrogens with zero attached hydrogens (tertiary/aromatic N) is 2. The van der Waals surface area contributed by atoms with Gasteiger partial charge in [-0.3, -0.25) is 14.5 Å². The van der Waals surface area contributed by atoms with Gasteiger partial charge < -0.3 is 4.90 Å². The van der Waals surface area contributed by atoms with Gasteiger partial charge in [0.05, 0.1) is 23.5 Å². The molecule has 0 saturated carbocycles. The number of fused-ring (bicyclic) bond motifs is 1. The Morgan fingerprint density at radius 1 is 0.939 bits per heavy atom. The fourth-order valence-corrected chi connectivity index (χ4v) is 4.33. The third-order valence-electron chi connectivity index (χ3n) is 5.48. The molecule has 1 atom stereocenters. The largest absolute Gasteiger partial charge is 0.416 e. The van der Waals surface area contributed by atoms with E-state index < -0.39 is 29.6 Å². The Morgan fingerprint density at radius 3 is 2.18 bits per heavy atom. The molecular formula is C24H17Cl2F3N2O2. The van der Waals surface area contributed by atoms with Crippen LogP contribution in [0.4, 0.5) is 24.5 Å². The fourth-order valence-electron chi connectivity index (χ4n) is 3.82. The third kappa shape index (κ3) is 4.30. The summed E-state index contributed by atoms with van der Waals surface area (Å²) in [7, 11) is 0. The second-order valence-corrected chi connectivity index (χ2v) is 8.36. The molecule has 1 heterocycles. The average molecular weight is 493 g/mol. The van der Waals surface area contributed by atoms with Gasteiger partial charge in [-0.25, -0.2) is 0 Å². The molecule has 170 valence electrons. The zero-order valence-electron chi connectivity index (χ0n) is 17.2. The topological polar surface area (TPSA) is 40.6 Å². The first-order chi connectivity index (χ1) is 15.6. The van der Waals surface area contributed by atoms with Gasteiger partial charge in [0.1, 0.15) is 6.04 Å². The van der Waals surface area contributed by atoms with Crippen LogP contribution in [-0.4, -0.2) is 17.9 Å². The van der Waals surface area contributed by atoms with E-state index in [9.17, 15) is 22.8 Å². The minimum Gasteiger partial charge on any atom is -0.304 e. The Kier molecular flexibility index (Phi) is 6.12. The number of carbonyl (C=O) groups excluding carboxylic acids is 2. The fraction of sp³-hybridized carbons (Fsp3) is 0.167. The third-order valence-corrected chi connectivity index (χ3v) is 6.18. The van der Waals surface area contributed by atoms with E-state index in [1.807, 2.05) is 0 Å². The number of halogens is 5. The molecule has 3 aromatic rings. The lowest BCUT2D eigenvalue weighted by Gasteiger charge is -2.40. The van der Waals surface area contributed by atoms with Gasteiger partial charge in [-0.2, -0.15) is 13.2 Å². The van der Waals surface area contributed by atoms with Gasteiger partial charge >= 0.3 is 6.18 Å². The molecule has 0 bridgehead atoms. The maximum Gasteiger partial charge on any atom is 0.416 e. The summed E-state index contributed by atoms with van der Waals surface area (Å²) in [6.07, 6.45) is -4.59. The van der Waals surface area contributed by atoms with Gasteiger partial charge in [0.25, 0.3) is 5.91 Å². The predicted molar refractivity (Wildman–Crippen MR) is 122 cm³/mol. The van der Waals surface area contributed by atoms with Crippen LogP contribution in [0.1, 0.15) is 28.4 Å². The number of anilines is 2. The summed E-state index contributed by atoms with van der Waals surface area (Å²) < 4.78 is 39.5. The minimum atomic E-state index is -4.59. The Hall–Kier alpha value is -3.03. The van der Waals surface area contributed by atoms with Gasteiger partial charge in [-0.15, -0.1) is 0 Å². The number of alkyl halides is 3. The van der Waals surface area contributed by atoms with Gasteiger partial charge in [0.15, 0.2) is 0 Å². The maximum atomic E-state index is 13.4. The van der Waals surface area contributed by atoms with Crippen molar-refractivity contribution in [1.82, 2.24) is 0 Å². The summed E-state index contributed by atoms with van der Waals surface area (Å²) >= 11 is 12.6. The van der Waals surface area contributed by atoms with Crippen LogP contribution in [0.3, 0.4) is 0 Å². The summed E-state index contributed by atoms with van der Waals surface area (Å²) in [4.78, 5) is 29.4. The Morgan fingerprint density at radius 2 is 1.55 bits per heavy atom. The SMILES string of the molecule is CC1C(=O)N(Cc2c(Cl)cccc2Cl)c2ccccc2N1C(=O)c1cccc(C(F)(F)F)c1. The van der Waals surface area contributed by atoms with Crippen LogP contribution in [-0.2, 0) is 17.5 Å². The standard InChI is InChI=1S/C24H17Cl2F3N2O2/c1-14-22(32)30(13-17-18(25)8-5-9-19(17)26)20-10-2-3-11-21(20)31(14)23(33)15-6-4-7-16(12-15)24(27,28)29/h2-12,14H,13H2,1H3. The normalized spacial score (nSPS) is 16.1. The number of carbonyl (C=O) groups is 2. The molecule has 2 amide bonds. The zero-order chi connectivity index (χ0) is 23.9. The van der Waals surface area contributed by atoms with Crippen molar-refractivity contribution < 1.29 is 22.8 Å². The van der Waals surface area contributed by atoms with Crippen molar-refractivity contribution in [2.75, 3.05) is 9.80 Å². The van der Waals surface area contributed by atoms with Crippen molar-refractivity contribution in [3.05, 3.63) is 93.5 Å². The van der Waals surface area contributed by atoms with Gasteiger partial charge in [0, 0.05) is 21.2 Å². The summed E-state index contributed by atoms with van der Waals surface area (Å²) in [6, 6.07) is 14.9. The van der Waals surface area contributed by atoms with Crippen LogP contribution in [0.15, 0.2) is 66.7 Å². The number of para-hydroxylation sites is 2. The lowest BCUT2D eigenvalue weighted by molar-refractivity contribution is -0.137. The number of amides is 2. The molecule has 1 unspecified atom stereocenters. The van der Waals surface area contributed by atoms with E-state index in [2.05, 4.69) is 0 Å². The minimum absolute atomic E-state index is 0.0737. The summed E-state index contributed by atoms with van der Waals surface area (Å²) in [5.74, 6) is -1.12. The van der Waals surface area contributed by atoms with E-state index in [1.165, 1.54) is 28.9 Å². The number of hydrogen-bond donors (Lipinski definition) is 0. The first-order valence-corrected chi connectivity index (χ1v) is 10.7. The van der Waals surface area contributed by atoms with Crippen molar-refractivity contribution in [1.29, 1.82) is 0 Å². The zero-order valence-corrected chi connectivity index (χ0v) is 18.7. The first-order valence-electron chi connectivity index (χ1n) is 9.93. The quantitative estimate of drug-likeness (QED) is 0.413. The summed E-state index contributed by atoms with van der Waals surface area (Å²) in [5.41, 5.74) is 0.274. The molecule has 9 heteroatoms. The lowest BCUT2D eigenvalue weighted by atomic mass is 10.0. The molecule has 0 aliphatic carbocycles. The van der Waals surface area contributed by atoms with Crippen molar-refractivity contribution >= 4 is 46.4 Å². The molecule has 0 N–H and O–H groups in total. The first kappa shape index (κ1) is 23.1. The number of benzene rings is 3. The van der Waals surface area contributed by atoms with Crippen molar-refractivity contribution in [3.63, 3.8) is 0 Å². The van der Waals surface area contributed by atoms with Crippen molar-refractivity contribution in [3.8, 4) is 0 Å². The van der Waals surface area contributed by atoms with Crippen LogP contribution in [0.5, 0.6) is 0 Å². The smallest absolute Gasteiger partial charge is 0.304 e.